The Morgan fingerprint density at radius 3 is 2.51 bits per heavy atom. The molecule has 1 saturated carbocycles. The van der Waals surface area contributed by atoms with E-state index in [1.54, 1.807) is 18.2 Å². The minimum atomic E-state index is -0.945. The van der Waals surface area contributed by atoms with Gasteiger partial charge in [0.1, 0.15) is 11.5 Å². The molecule has 1 heterocycles. The van der Waals surface area contributed by atoms with Crippen LogP contribution < -0.4 is 4.74 Å². The molecule has 0 aromatic heterocycles. The molecule has 5 heteroatoms. The highest BCUT2D eigenvalue weighted by atomic mass is 16.5. The molecule has 2 fully saturated rings. The summed E-state index contributed by atoms with van der Waals surface area (Å²) in [5.41, 5.74) is 3.45. The molecule has 2 aromatic carbocycles. The van der Waals surface area contributed by atoms with Gasteiger partial charge in [-0.3, -0.25) is 9.69 Å². The van der Waals surface area contributed by atoms with E-state index in [1.807, 2.05) is 18.2 Å². The molecule has 2 aliphatic rings. The highest BCUT2D eigenvalue weighted by Gasteiger charge is 2.40. The number of nitrogens with zero attached hydrogens (tertiary/aromatic N) is 1. The third-order valence-corrected chi connectivity index (χ3v) is 7.70. The van der Waals surface area contributed by atoms with Crippen LogP contribution in [0.1, 0.15) is 81.6 Å². The molecule has 2 aromatic rings. The summed E-state index contributed by atoms with van der Waals surface area (Å²) in [5.74, 6) is 0.778. The van der Waals surface area contributed by atoms with Crippen LogP contribution in [-0.4, -0.2) is 47.5 Å². The van der Waals surface area contributed by atoms with E-state index in [9.17, 15) is 14.7 Å². The van der Waals surface area contributed by atoms with E-state index < -0.39 is 5.97 Å². The number of Topliss-reactive ketones (excluding diaryl/α,β-unsaturated/α-hetero) is 1. The second-order valence-electron chi connectivity index (χ2n) is 11.6. The molecule has 0 bridgehead atoms. The summed E-state index contributed by atoms with van der Waals surface area (Å²) < 4.78 is 6.51. The topological polar surface area (TPSA) is 66.8 Å². The van der Waals surface area contributed by atoms with Crippen molar-refractivity contribution < 1.29 is 19.4 Å². The maximum Gasteiger partial charge on any atom is 0.335 e. The number of likely N-dealkylation sites (tertiary alicyclic amines) is 1. The summed E-state index contributed by atoms with van der Waals surface area (Å²) in [5, 5.41) is 9.59. The van der Waals surface area contributed by atoms with Gasteiger partial charge in [0.25, 0.3) is 0 Å². The fourth-order valence-corrected chi connectivity index (χ4v) is 6.03. The van der Waals surface area contributed by atoms with Crippen molar-refractivity contribution in [3.8, 4) is 16.9 Å². The van der Waals surface area contributed by atoms with Crippen LogP contribution in [0, 0.1) is 11.3 Å². The molecule has 5 nitrogen and oxygen atoms in total. The first-order valence-electron chi connectivity index (χ1n) is 12.9. The fourth-order valence-electron chi connectivity index (χ4n) is 6.03. The molecule has 1 saturated heterocycles. The van der Waals surface area contributed by atoms with Gasteiger partial charge in [-0.15, -0.1) is 0 Å². The summed E-state index contributed by atoms with van der Waals surface area (Å²) in [6.07, 6.45) is 4.34. The molecule has 1 aliphatic heterocycles. The van der Waals surface area contributed by atoms with Gasteiger partial charge in [0.05, 0.1) is 17.7 Å². The van der Waals surface area contributed by atoms with E-state index in [0.717, 1.165) is 49.1 Å². The summed E-state index contributed by atoms with van der Waals surface area (Å²) in [6.45, 7) is 9.72. The zero-order valence-electron chi connectivity index (χ0n) is 21.7. The zero-order chi connectivity index (χ0) is 25.3. The van der Waals surface area contributed by atoms with E-state index in [0.29, 0.717) is 24.0 Å². The van der Waals surface area contributed by atoms with Crippen LogP contribution in [0.4, 0.5) is 0 Å². The molecule has 0 radical (unpaired) electrons. The van der Waals surface area contributed by atoms with E-state index in [2.05, 4.69) is 45.7 Å². The van der Waals surface area contributed by atoms with E-state index in [4.69, 9.17) is 4.74 Å². The molecule has 0 unspecified atom stereocenters. The number of carbonyl (C=O) groups excluding carboxylic acids is 1. The lowest BCUT2D eigenvalue weighted by atomic mass is 9.87. The third kappa shape index (κ3) is 5.78. The number of hydrogen-bond acceptors (Lipinski definition) is 4. The number of aromatic carboxylic acids is 1. The van der Waals surface area contributed by atoms with Gasteiger partial charge < -0.3 is 9.84 Å². The van der Waals surface area contributed by atoms with Gasteiger partial charge in [-0.25, -0.2) is 4.79 Å². The SMILES string of the molecule is CC(C)c1ccccc1-c1cc(C(=O)O)ccc1O[C@@H]1CC[C@@H](CC(=O)[C@@H]2CC(C)(C)CN2C)C1. The first kappa shape index (κ1) is 25.4. The van der Waals surface area contributed by atoms with Crippen molar-refractivity contribution in [3.63, 3.8) is 0 Å². The molecule has 1 aliphatic carbocycles. The maximum absolute atomic E-state index is 13.1. The van der Waals surface area contributed by atoms with Crippen molar-refractivity contribution in [3.05, 3.63) is 53.6 Å². The van der Waals surface area contributed by atoms with Crippen molar-refractivity contribution in [2.45, 2.75) is 77.9 Å². The minimum absolute atomic E-state index is 0.0335. The number of rotatable bonds is 8. The van der Waals surface area contributed by atoms with Gasteiger partial charge >= 0.3 is 5.97 Å². The second-order valence-corrected chi connectivity index (χ2v) is 11.6. The molecular formula is C30H39NO4. The Bertz CT molecular complexity index is 1090. The summed E-state index contributed by atoms with van der Waals surface area (Å²) in [6, 6.07) is 13.3. The Labute approximate surface area is 209 Å². The van der Waals surface area contributed by atoms with Crippen LogP contribution in [0.15, 0.2) is 42.5 Å². The van der Waals surface area contributed by atoms with Crippen molar-refractivity contribution >= 4 is 11.8 Å². The molecular weight excluding hydrogens is 438 g/mol. The van der Waals surface area contributed by atoms with Crippen LogP contribution in [0.25, 0.3) is 11.1 Å². The van der Waals surface area contributed by atoms with Crippen molar-refractivity contribution in [1.29, 1.82) is 0 Å². The third-order valence-electron chi connectivity index (χ3n) is 7.70. The number of hydrogen-bond donors (Lipinski definition) is 1. The molecule has 188 valence electrons. The average molecular weight is 478 g/mol. The predicted octanol–water partition coefficient (Wildman–Crippen LogP) is 6.41. The van der Waals surface area contributed by atoms with Gasteiger partial charge in [0.2, 0.25) is 0 Å². The van der Waals surface area contributed by atoms with Crippen molar-refractivity contribution in [2.24, 2.45) is 11.3 Å². The van der Waals surface area contributed by atoms with Crippen molar-refractivity contribution in [1.82, 2.24) is 4.90 Å². The molecule has 0 spiro atoms. The van der Waals surface area contributed by atoms with Crippen molar-refractivity contribution in [2.75, 3.05) is 13.6 Å². The number of carbonyl (C=O) groups is 2. The van der Waals surface area contributed by atoms with Gasteiger partial charge in [0, 0.05) is 18.5 Å². The molecule has 35 heavy (non-hydrogen) atoms. The standard InChI is InChI=1S/C30H39NO4/c1-19(2)23-8-6-7-9-24(23)25-16-21(29(33)34)11-13-28(25)35-22-12-10-20(14-22)15-27(32)26-17-30(3,4)18-31(26)5/h6-9,11,13,16,19-20,22,26H,10,12,14-15,17-18H2,1-5H3,(H,33,34)/t20-,22-,26+/m1/s1. The highest BCUT2D eigenvalue weighted by molar-refractivity contribution is 5.91. The van der Waals surface area contributed by atoms with E-state index in [-0.39, 0.29) is 23.1 Å². The number of carboxylic acids is 1. The van der Waals surface area contributed by atoms with Crippen LogP contribution in [0.3, 0.4) is 0 Å². The normalized spacial score (nSPS) is 24.1. The monoisotopic (exact) mass is 477 g/mol. The first-order chi connectivity index (χ1) is 16.5. The fraction of sp³-hybridized carbons (Fsp3) is 0.533. The van der Waals surface area contributed by atoms with Gasteiger partial charge in [-0.1, -0.05) is 52.0 Å². The lowest BCUT2D eigenvalue weighted by Gasteiger charge is -2.21. The predicted molar refractivity (Wildman–Crippen MR) is 139 cm³/mol. The van der Waals surface area contributed by atoms with Crippen LogP contribution in [0.5, 0.6) is 5.75 Å². The Morgan fingerprint density at radius 1 is 1.11 bits per heavy atom. The quantitative estimate of drug-likeness (QED) is 0.476. The number of ketones is 1. The Hall–Kier alpha value is -2.66. The summed E-state index contributed by atoms with van der Waals surface area (Å²) in [7, 11) is 2.06. The number of benzene rings is 2. The first-order valence-corrected chi connectivity index (χ1v) is 12.9. The van der Waals surface area contributed by atoms with Crippen LogP contribution in [0.2, 0.25) is 0 Å². The van der Waals surface area contributed by atoms with E-state index in [1.165, 1.54) is 5.56 Å². The van der Waals surface area contributed by atoms with Gasteiger partial charge in [-0.05, 0) is 79.3 Å². The Balaban J connectivity index is 1.49. The minimum Gasteiger partial charge on any atom is -0.490 e. The maximum atomic E-state index is 13.1. The summed E-state index contributed by atoms with van der Waals surface area (Å²) >= 11 is 0. The average Bonchev–Trinajstić information content (AvgIpc) is 3.35. The molecule has 1 N–H and O–H groups in total. The van der Waals surface area contributed by atoms with Crippen LogP contribution >= 0.6 is 0 Å². The molecule has 4 rings (SSSR count). The smallest absolute Gasteiger partial charge is 0.335 e. The zero-order valence-corrected chi connectivity index (χ0v) is 21.7. The Kier molecular flexibility index (Phi) is 7.37. The molecule has 0 amide bonds. The lowest BCUT2D eigenvalue weighted by Crippen LogP contribution is -2.33. The second kappa shape index (κ2) is 10.1. The lowest BCUT2D eigenvalue weighted by molar-refractivity contribution is -0.123. The largest absolute Gasteiger partial charge is 0.490 e. The highest BCUT2D eigenvalue weighted by Crippen LogP contribution is 2.40. The van der Waals surface area contributed by atoms with Gasteiger partial charge in [-0.2, -0.15) is 0 Å². The number of likely N-dealkylation sites (N-methyl/N-ethyl adjacent to an activating group) is 1. The summed E-state index contributed by atoms with van der Waals surface area (Å²) in [4.78, 5) is 27.0. The number of ether oxygens (including phenoxy) is 1. The molecule has 3 atom stereocenters. The van der Waals surface area contributed by atoms with Crippen LogP contribution in [-0.2, 0) is 4.79 Å². The van der Waals surface area contributed by atoms with E-state index >= 15 is 0 Å². The Morgan fingerprint density at radius 2 is 1.86 bits per heavy atom. The van der Waals surface area contributed by atoms with Gasteiger partial charge in [0.15, 0.2) is 0 Å². The number of carboxylic acid groups (broad SMARTS) is 1.